The molecule has 1 aromatic heterocycles. The van der Waals surface area contributed by atoms with E-state index in [0.717, 1.165) is 61.8 Å². The number of benzene rings is 1. The van der Waals surface area contributed by atoms with Crippen LogP contribution in [0.15, 0.2) is 60.3 Å². The lowest BCUT2D eigenvalue weighted by molar-refractivity contribution is 0.209. The summed E-state index contributed by atoms with van der Waals surface area (Å²) in [7, 11) is 0. The third kappa shape index (κ3) is 4.96. The Kier molecular flexibility index (Phi) is 6.67. The van der Waals surface area contributed by atoms with Crippen LogP contribution in [0, 0.1) is 0 Å². The molecule has 2 heterocycles. The summed E-state index contributed by atoms with van der Waals surface area (Å²) in [5.41, 5.74) is 6.93. The average molecular weight is 415 g/mol. The average Bonchev–Trinajstić information content (AvgIpc) is 3.03. The fraction of sp³-hybridized carbons (Fsp3) is 0.407. The molecule has 1 fully saturated rings. The molecule has 0 unspecified atom stereocenters. The minimum absolute atomic E-state index is 0.593. The Labute approximate surface area is 187 Å². The molecule has 0 atom stereocenters. The summed E-state index contributed by atoms with van der Waals surface area (Å²) in [4.78, 5) is 15.1. The van der Waals surface area contributed by atoms with Gasteiger partial charge in [-0.15, -0.1) is 0 Å². The maximum atomic E-state index is 5.19. The first-order valence-electron chi connectivity index (χ1n) is 11.5. The van der Waals surface area contributed by atoms with Gasteiger partial charge in [0, 0.05) is 37.8 Å². The van der Waals surface area contributed by atoms with Crippen molar-refractivity contribution in [2.75, 3.05) is 31.1 Å². The number of hydrogen-bond acceptors (Lipinski definition) is 4. The van der Waals surface area contributed by atoms with Crippen molar-refractivity contribution in [3.63, 3.8) is 0 Å². The van der Waals surface area contributed by atoms with E-state index in [1.54, 1.807) is 0 Å². The van der Waals surface area contributed by atoms with Crippen molar-refractivity contribution in [3.05, 3.63) is 71.6 Å². The summed E-state index contributed by atoms with van der Waals surface area (Å²) in [5.74, 6) is 0.988. The smallest absolute Gasteiger partial charge is 0.147 e. The van der Waals surface area contributed by atoms with Crippen LogP contribution in [0.3, 0.4) is 0 Å². The molecule has 2 aliphatic rings. The van der Waals surface area contributed by atoms with Crippen LogP contribution in [0.25, 0.3) is 16.8 Å². The van der Waals surface area contributed by atoms with Crippen molar-refractivity contribution in [2.45, 2.75) is 46.6 Å². The zero-order valence-electron chi connectivity index (χ0n) is 19.3. The largest absolute Gasteiger partial charge is 0.353 e. The van der Waals surface area contributed by atoms with Crippen LogP contribution >= 0.6 is 0 Å². The first-order chi connectivity index (χ1) is 15.0. The second kappa shape index (κ2) is 9.61. The highest BCUT2D eigenvalue weighted by atomic mass is 15.3. The Morgan fingerprint density at radius 2 is 1.71 bits per heavy atom. The van der Waals surface area contributed by atoms with Gasteiger partial charge in [-0.25, -0.2) is 4.98 Å². The number of piperazine rings is 1. The molecule has 162 valence electrons. The second-order valence-corrected chi connectivity index (χ2v) is 8.80. The number of aryl methyl sites for hydroxylation is 1. The van der Waals surface area contributed by atoms with Gasteiger partial charge < -0.3 is 4.90 Å². The summed E-state index contributed by atoms with van der Waals surface area (Å²) >= 11 is 0. The van der Waals surface area contributed by atoms with Crippen molar-refractivity contribution in [1.82, 2.24) is 14.9 Å². The molecule has 1 aliphatic heterocycles. The molecule has 0 amide bonds. The van der Waals surface area contributed by atoms with Crippen LogP contribution in [0.4, 0.5) is 5.82 Å². The van der Waals surface area contributed by atoms with Crippen LogP contribution in [0.1, 0.15) is 45.4 Å². The van der Waals surface area contributed by atoms with Gasteiger partial charge in [0.15, 0.2) is 0 Å². The lowest BCUT2D eigenvalue weighted by Gasteiger charge is -2.37. The lowest BCUT2D eigenvalue weighted by atomic mass is 10.0. The number of rotatable bonds is 5. The van der Waals surface area contributed by atoms with E-state index in [9.17, 15) is 0 Å². The molecule has 1 aliphatic carbocycles. The van der Waals surface area contributed by atoms with E-state index < -0.39 is 0 Å². The predicted octanol–water partition coefficient (Wildman–Crippen LogP) is 5.53. The third-order valence-electron chi connectivity index (χ3n) is 6.33. The van der Waals surface area contributed by atoms with Gasteiger partial charge in [0.25, 0.3) is 0 Å². The lowest BCUT2D eigenvalue weighted by Crippen LogP contribution is -2.49. The second-order valence-electron chi connectivity index (χ2n) is 8.80. The van der Waals surface area contributed by atoms with E-state index in [1.807, 2.05) is 6.20 Å². The Morgan fingerprint density at radius 3 is 2.39 bits per heavy atom. The number of aromatic nitrogens is 2. The highest BCUT2D eigenvalue weighted by Gasteiger charge is 2.22. The molecular formula is C27H34N4. The van der Waals surface area contributed by atoms with Crippen molar-refractivity contribution in [1.29, 1.82) is 0 Å². The van der Waals surface area contributed by atoms with Gasteiger partial charge in [0.2, 0.25) is 0 Å². The van der Waals surface area contributed by atoms with Crippen LogP contribution in [0.2, 0.25) is 0 Å². The first-order valence-corrected chi connectivity index (χ1v) is 11.5. The molecule has 31 heavy (non-hydrogen) atoms. The molecule has 1 aromatic carbocycles. The minimum Gasteiger partial charge on any atom is -0.353 e. The topological polar surface area (TPSA) is 32.3 Å². The molecule has 0 spiro atoms. The van der Waals surface area contributed by atoms with E-state index in [-0.39, 0.29) is 0 Å². The summed E-state index contributed by atoms with van der Waals surface area (Å²) in [6, 6.07) is 9.36. The van der Waals surface area contributed by atoms with Crippen LogP contribution in [-0.2, 0) is 6.42 Å². The zero-order chi connectivity index (χ0) is 21.8. The Morgan fingerprint density at radius 1 is 0.968 bits per heavy atom. The Hall–Kier alpha value is -2.72. The van der Waals surface area contributed by atoms with Crippen LogP contribution in [0.5, 0.6) is 0 Å². The number of hydrogen-bond donors (Lipinski definition) is 0. The van der Waals surface area contributed by atoms with Crippen molar-refractivity contribution < 1.29 is 0 Å². The highest BCUT2D eigenvalue weighted by Crippen LogP contribution is 2.31. The van der Waals surface area contributed by atoms with Crippen molar-refractivity contribution >= 4 is 11.4 Å². The Balaban J connectivity index is 1.71. The summed E-state index contributed by atoms with van der Waals surface area (Å²) < 4.78 is 0. The number of nitrogens with zero attached hydrogens (tertiary/aromatic N) is 4. The predicted molar refractivity (Wildman–Crippen MR) is 131 cm³/mol. The van der Waals surface area contributed by atoms with Gasteiger partial charge in [-0.2, -0.15) is 0 Å². The SMILES string of the molecule is CCc1ccc(-c2ncc(N3CCN(C(C)C)CC3)nc2C2=CC=C(C)C=CC2)cc1. The van der Waals surface area contributed by atoms with Crippen molar-refractivity contribution in [2.24, 2.45) is 0 Å². The van der Waals surface area contributed by atoms with Crippen molar-refractivity contribution in [3.8, 4) is 11.3 Å². The normalized spacial score (nSPS) is 17.5. The van der Waals surface area contributed by atoms with E-state index in [4.69, 9.17) is 9.97 Å². The van der Waals surface area contributed by atoms with Gasteiger partial charge in [-0.1, -0.05) is 61.1 Å². The van der Waals surface area contributed by atoms with Crippen LogP contribution < -0.4 is 4.90 Å². The maximum absolute atomic E-state index is 5.19. The molecule has 4 nitrogen and oxygen atoms in total. The molecule has 0 saturated carbocycles. The van der Waals surface area contributed by atoms with Gasteiger partial charge in [-0.3, -0.25) is 9.88 Å². The standard InChI is InChI=1S/C27H34N4/c1-5-22-10-13-24(14-11-22)26-27(23-8-6-7-21(4)9-12-23)29-25(19-28-26)31-17-15-30(16-18-31)20(2)3/h6-7,9-14,19-20H,5,8,15-18H2,1-4H3. The van der Waals surface area contributed by atoms with E-state index in [2.05, 4.69) is 86.1 Å². The zero-order valence-corrected chi connectivity index (χ0v) is 19.3. The number of allylic oxidation sites excluding steroid dienone is 6. The summed E-state index contributed by atoms with van der Waals surface area (Å²) in [5, 5.41) is 0. The molecule has 0 N–H and O–H groups in total. The van der Waals surface area contributed by atoms with Gasteiger partial charge in [0.1, 0.15) is 5.82 Å². The van der Waals surface area contributed by atoms with Gasteiger partial charge in [-0.05, 0) is 44.7 Å². The fourth-order valence-electron chi connectivity index (χ4n) is 4.24. The summed E-state index contributed by atoms with van der Waals surface area (Å²) in [6.07, 6.45) is 12.7. The van der Waals surface area contributed by atoms with E-state index >= 15 is 0 Å². The molecule has 4 heteroatoms. The fourth-order valence-corrected chi connectivity index (χ4v) is 4.24. The minimum atomic E-state index is 0.593. The van der Waals surface area contributed by atoms with E-state index in [0.29, 0.717) is 6.04 Å². The third-order valence-corrected chi connectivity index (χ3v) is 6.33. The van der Waals surface area contributed by atoms with Crippen LogP contribution in [-0.4, -0.2) is 47.1 Å². The first kappa shape index (κ1) is 21.5. The molecular weight excluding hydrogens is 380 g/mol. The molecule has 1 saturated heterocycles. The maximum Gasteiger partial charge on any atom is 0.147 e. The summed E-state index contributed by atoms with van der Waals surface area (Å²) in [6.45, 7) is 13.0. The molecule has 2 aromatic rings. The monoisotopic (exact) mass is 414 g/mol. The molecule has 4 rings (SSSR count). The number of anilines is 1. The quantitative estimate of drug-likeness (QED) is 0.644. The van der Waals surface area contributed by atoms with Gasteiger partial charge >= 0.3 is 0 Å². The highest BCUT2D eigenvalue weighted by molar-refractivity contribution is 5.79. The molecule has 0 radical (unpaired) electrons. The molecule has 0 bridgehead atoms. The van der Waals surface area contributed by atoms with Gasteiger partial charge in [0.05, 0.1) is 17.6 Å². The Bertz CT molecular complexity index is 990. The van der Waals surface area contributed by atoms with E-state index in [1.165, 1.54) is 16.7 Å².